The zero-order valence-corrected chi connectivity index (χ0v) is 75.1. The number of aromatic nitrogens is 4. The molecule has 0 aliphatic heterocycles. The van der Waals surface area contributed by atoms with E-state index in [2.05, 4.69) is 69.9 Å². The van der Waals surface area contributed by atoms with Gasteiger partial charge in [-0.3, -0.25) is 43.5 Å². The normalized spacial score (nSPS) is 13.3. The van der Waals surface area contributed by atoms with Gasteiger partial charge < -0.3 is 20.7 Å². The molecule has 0 radical (unpaired) electrons. The molecule has 19 nitrogen and oxygen atoms in total. The van der Waals surface area contributed by atoms with E-state index in [0.29, 0.717) is 32.6 Å². The van der Waals surface area contributed by atoms with Crippen LogP contribution in [0.3, 0.4) is 0 Å². The van der Waals surface area contributed by atoms with Crippen LogP contribution in [0.5, 0.6) is 0 Å². The number of nitrogens with two attached hydrogens (primary N) is 1. The Kier molecular flexibility index (Phi) is 37.5. The molecule has 6 aliphatic carbocycles. The number of carboxylic acid groups (broad SMARTS) is 1. The van der Waals surface area contributed by atoms with E-state index in [1.807, 2.05) is 121 Å². The summed E-state index contributed by atoms with van der Waals surface area (Å²) >= 11 is 22.9. The van der Waals surface area contributed by atoms with E-state index < -0.39 is 16.1 Å². The quantitative estimate of drug-likeness (QED) is 0.0308. The van der Waals surface area contributed by atoms with Crippen molar-refractivity contribution in [2.45, 2.75) is 154 Å². The molecule has 5 N–H and O–H groups in total. The minimum atomic E-state index is -0.793. The zero-order valence-electron chi connectivity index (χ0n) is 71.3. The molecule has 0 saturated carbocycles. The van der Waals surface area contributed by atoms with Crippen LogP contribution in [0.1, 0.15) is 206 Å². The van der Waals surface area contributed by atoms with Crippen molar-refractivity contribution in [3.8, 4) is 22.8 Å². The second-order valence-electron chi connectivity index (χ2n) is 30.8. The lowest BCUT2D eigenvalue weighted by atomic mass is 9.88. The van der Waals surface area contributed by atoms with Crippen LogP contribution in [0.25, 0.3) is 44.8 Å². The number of nitrogen functional groups attached to an aromatic ring is 1. The number of H-pyrrole nitrogens is 1. The molecule has 2 aromatic heterocycles. The summed E-state index contributed by atoms with van der Waals surface area (Å²) in [6.45, 7) is 0. The number of carbonyl (C=O) groups is 6. The van der Waals surface area contributed by atoms with E-state index in [9.17, 15) is 38.9 Å². The molecule has 0 fully saturated rings. The number of nitrogens with one attached hydrogen (secondary N) is 2. The first kappa shape index (κ1) is 96.7. The Labute approximate surface area is 761 Å². The summed E-state index contributed by atoms with van der Waals surface area (Å²) in [6.07, 6.45) is 29.6. The van der Waals surface area contributed by atoms with Gasteiger partial charge >= 0.3 is 5.97 Å². The zero-order chi connectivity index (χ0) is 88.7. The van der Waals surface area contributed by atoms with Crippen molar-refractivity contribution in [3.05, 3.63) is 350 Å². The highest BCUT2D eigenvalue weighted by Gasteiger charge is 2.26. The number of hydrogen-bond donors (Lipinski definition) is 4. The summed E-state index contributed by atoms with van der Waals surface area (Å²) in [4.78, 5) is 100. The third kappa shape index (κ3) is 25.9. The maximum atomic E-state index is 13.5. The van der Waals surface area contributed by atoms with Crippen molar-refractivity contribution in [1.82, 2.24) is 30.1 Å². The van der Waals surface area contributed by atoms with Crippen LogP contribution in [0.2, 0.25) is 15.1 Å². The van der Waals surface area contributed by atoms with Crippen molar-refractivity contribution in [2.75, 3.05) is 34.0 Å². The molecule has 19 rings (SSSR count). The summed E-state index contributed by atoms with van der Waals surface area (Å²) in [5, 5.41) is 21.7. The van der Waals surface area contributed by atoms with Crippen LogP contribution in [0, 0.1) is 10.1 Å². The van der Waals surface area contributed by atoms with Crippen LogP contribution in [-0.4, -0.2) is 98.5 Å². The number of anilines is 1. The highest BCUT2D eigenvalue weighted by Crippen LogP contribution is 2.37. The van der Waals surface area contributed by atoms with E-state index in [0.717, 1.165) is 150 Å². The SMILES string of the molecule is CNOC.CON(C)C(=O)c1cccc2c1CCCC2.Cl.Clc1ccc2nc(-c3cccc4c3CCCC4)[nH]c2c1.Nc1ccc(Cl)cc1[N+](=O)[O-].O=C(Cl)c1ccccc1.O=C(O)c1cccc2c1CCCC2.O=C(c1ccccc1)n1c(-c2cccc3c2CCCC3)nc2cc(Cl)ccc21.O=Cc1cccc2c1CCCC2.O=Cc1cccc2c1CCCC2. The van der Waals surface area contributed by atoms with Gasteiger partial charge in [-0.05, 0) is 305 Å². The number of rotatable bonds is 11. The summed E-state index contributed by atoms with van der Waals surface area (Å²) in [6, 6.07) is 70.1. The van der Waals surface area contributed by atoms with Crippen molar-refractivity contribution in [1.29, 1.82) is 0 Å². The fraction of sp³-hybridized carbons (Fsp3) is 0.275. The van der Waals surface area contributed by atoms with Gasteiger partial charge in [-0.25, -0.2) is 25.3 Å². The van der Waals surface area contributed by atoms with Crippen LogP contribution in [0.4, 0.5) is 11.4 Å². The summed E-state index contributed by atoms with van der Waals surface area (Å²) in [5.74, 6) is 0.736. The maximum Gasteiger partial charge on any atom is 0.335 e. The van der Waals surface area contributed by atoms with Gasteiger partial charge in [0.1, 0.15) is 29.9 Å². The van der Waals surface area contributed by atoms with Gasteiger partial charge in [-0.2, -0.15) is 0 Å². The van der Waals surface area contributed by atoms with Gasteiger partial charge in [0, 0.05) is 74.2 Å². The number of nitrogens with zero attached hydrogens (tertiary/aromatic N) is 5. The Bertz CT molecular complexity index is 5860. The molecule has 0 atom stereocenters. The number of nitro benzene ring substituents is 1. The molecule has 6 aliphatic rings. The number of fused-ring (bicyclic) bond motifs is 8. The van der Waals surface area contributed by atoms with E-state index >= 15 is 0 Å². The second-order valence-corrected chi connectivity index (χ2v) is 32.5. The van der Waals surface area contributed by atoms with Gasteiger partial charge in [-0.15, -0.1) is 12.4 Å². The van der Waals surface area contributed by atoms with E-state index in [1.54, 1.807) is 56.1 Å². The van der Waals surface area contributed by atoms with Gasteiger partial charge in [0.15, 0.2) is 0 Å². The number of aldehydes is 2. The predicted molar refractivity (Wildman–Crippen MR) is 508 cm³/mol. The first-order chi connectivity index (χ1) is 60.7. The number of aromatic amines is 1. The predicted octanol–water partition coefficient (Wildman–Crippen LogP) is 24.0. The Balaban J connectivity index is 0.000000153. The van der Waals surface area contributed by atoms with Gasteiger partial charge in [-0.1, -0.05) is 180 Å². The molecule has 24 heteroatoms. The van der Waals surface area contributed by atoms with Crippen LogP contribution < -0.4 is 11.2 Å². The topological polar surface area (TPSA) is 272 Å². The summed E-state index contributed by atoms with van der Waals surface area (Å²) in [7, 11) is 6.43. The van der Waals surface area contributed by atoms with Gasteiger partial charge in [0.05, 0.1) is 46.8 Å². The number of carboxylic acids is 1. The van der Waals surface area contributed by atoms with Gasteiger partial charge in [0.2, 0.25) is 0 Å². The summed E-state index contributed by atoms with van der Waals surface area (Å²) in [5.41, 5.74) is 33.5. The number of imidazole rings is 2. The molecule has 1 amide bonds. The molecule has 13 aromatic rings. The lowest BCUT2D eigenvalue weighted by Crippen LogP contribution is -2.27. The molecule has 0 saturated heterocycles. The third-order valence-electron chi connectivity index (χ3n) is 22.9. The first-order valence-electron chi connectivity index (χ1n) is 42.4. The molecular formula is C102H105Cl5N8O11. The average molecular weight is 1800 g/mol. The largest absolute Gasteiger partial charge is 0.478 e. The maximum absolute atomic E-state index is 13.5. The minimum absolute atomic E-state index is 0. The number of amides is 1. The van der Waals surface area contributed by atoms with E-state index in [4.69, 9.17) is 72.0 Å². The Hall–Kier alpha value is -11.5. The molecule has 0 bridgehead atoms. The second kappa shape index (κ2) is 48.8. The lowest BCUT2D eigenvalue weighted by Gasteiger charge is -2.21. The molecule has 126 heavy (non-hydrogen) atoms. The van der Waals surface area contributed by atoms with Crippen LogP contribution in [-0.2, 0) is 86.7 Å². The number of hydrogen-bond acceptors (Lipinski definition) is 14. The number of hydroxylamine groups is 3. The molecule has 11 aromatic carbocycles. The summed E-state index contributed by atoms with van der Waals surface area (Å²) < 4.78 is 1.74. The fourth-order valence-corrected chi connectivity index (χ4v) is 17.2. The van der Waals surface area contributed by atoms with Crippen molar-refractivity contribution >= 4 is 128 Å². The van der Waals surface area contributed by atoms with Crippen molar-refractivity contribution in [3.63, 3.8) is 0 Å². The Morgan fingerprint density at radius 1 is 0.492 bits per heavy atom. The van der Waals surface area contributed by atoms with Gasteiger partial charge in [0.25, 0.3) is 22.7 Å². The smallest absolute Gasteiger partial charge is 0.335 e. The fourth-order valence-electron chi connectivity index (χ4n) is 16.6. The standard InChI is InChI=1S/C24H19ClN2O.C17H15ClN2.C13H17NO2.C11H12O2.2C11H12O.C7H5ClO.C6H5ClN2O2.C2H7NO.ClH/c25-18-13-14-22-21(15-18)26-23(27(22)24(28)17-8-2-1-3-9-17)20-12-6-10-16-7-4-5-11-19(16)20;18-12-8-9-15-16(10-12)20-17(19-15)14-7-3-5-11-4-1-2-6-13(11)14;1-14(16-2)13(15)12-9-5-7-10-6-3-4-8-11(10)12;12-11(13)10-7-3-5-8-4-1-2-6-9(8)10;2*12-8-10-6-3-5-9-4-1-2-7-11(9)10;8-7(9)6-4-2-1-3-5-6;7-4-1-2-5(8)6(3-4)9(10)11;1-3-4-2;/h1-3,6,8-10,12-15H,4-5,7,11H2;3,5,7-10H,1-2,4,6H2,(H,19,20);5,7,9H,3-4,6,8H2,1-2H3;3,5,7H,1-2,4,6H2,(H,12,13);2*3,5-6,8H,1-2,4,7H2;1-5H;1-3H,8H2;3H,1-2H3;1H. The van der Waals surface area contributed by atoms with E-state index in [1.165, 1.54) is 174 Å². The number of benzene rings is 11. The van der Waals surface area contributed by atoms with Crippen molar-refractivity contribution in [2.24, 2.45) is 0 Å². The molecule has 0 unspecified atom stereocenters. The Morgan fingerprint density at radius 3 is 1.37 bits per heavy atom. The molecular weight excluding hydrogens is 1690 g/mol. The number of nitro groups is 1. The molecule has 654 valence electrons. The number of aryl methyl sites for hydroxylation is 6. The Morgan fingerprint density at radius 2 is 0.897 bits per heavy atom. The first-order valence-corrected chi connectivity index (χ1v) is 43.9. The average Bonchev–Trinajstić information content (AvgIpc) is 1.60. The van der Waals surface area contributed by atoms with E-state index in [-0.39, 0.29) is 35.6 Å². The molecule has 0 spiro atoms. The minimum Gasteiger partial charge on any atom is -0.478 e. The lowest BCUT2D eigenvalue weighted by molar-refractivity contribution is -0.383. The van der Waals surface area contributed by atoms with Crippen molar-refractivity contribution < 1.29 is 48.5 Å². The van der Waals surface area contributed by atoms with Crippen LogP contribution in [0.15, 0.2) is 224 Å². The third-order valence-corrected chi connectivity index (χ3v) is 23.8. The number of carbonyl (C=O) groups excluding carboxylic acids is 5. The van der Waals surface area contributed by atoms with Crippen LogP contribution >= 0.6 is 58.8 Å². The monoisotopic (exact) mass is 1790 g/mol. The number of aromatic carboxylic acids is 1. The number of halogens is 5. The molecule has 2 heterocycles. The highest BCUT2D eigenvalue weighted by molar-refractivity contribution is 6.67. The highest BCUT2D eigenvalue weighted by atomic mass is 35.5.